The van der Waals surface area contributed by atoms with Crippen LogP contribution in [0.4, 0.5) is 5.13 Å². The molecule has 0 fully saturated rings. The number of aromatic nitrogens is 4. The predicted octanol–water partition coefficient (Wildman–Crippen LogP) is 0.596. The zero-order chi connectivity index (χ0) is 12.8. The van der Waals surface area contributed by atoms with Crippen molar-refractivity contribution in [3.05, 3.63) is 23.7 Å². The molecule has 2 aromatic rings. The zero-order valence-electron chi connectivity index (χ0n) is 9.96. The van der Waals surface area contributed by atoms with E-state index in [1.807, 2.05) is 17.7 Å². The van der Waals surface area contributed by atoms with E-state index in [1.54, 1.807) is 12.5 Å². The van der Waals surface area contributed by atoms with E-state index in [4.69, 9.17) is 0 Å². The lowest BCUT2D eigenvalue weighted by Gasteiger charge is -2.02. The highest BCUT2D eigenvalue weighted by Crippen LogP contribution is 2.14. The van der Waals surface area contributed by atoms with Crippen molar-refractivity contribution in [1.29, 1.82) is 0 Å². The second-order valence-electron chi connectivity index (χ2n) is 3.50. The first-order chi connectivity index (χ1) is 8.79. The molecule has 18 heavy (non-hydrogen) atoms. The van der Waals surface area contributed by atoms with Crippen LogP contribution in [0.2, 0.25) is 0 Å². The quantitative estimate of drug-likeness (QED) is 0.799. The normalized spacial score (nSPS) is 10.3. The fraction of sp³-hybridized carbons (Fsp3) is 0.400. The molecular formula is C10H14N6OS. The van der Waals surface area contributed by atoms with Crippen molar-refractivity contribution < 1.29 is 4.79 Å². The predicted molar refractivity (Wildman–Crippen MR) is 68.6 cm³/mol. The number of carbonyl (C=O) groups is 1. The first kappa shape index (κ1) is 12.5. The number of nitrogens with zero attached hydrogens (tertiary/aromatic N) is 4. The highest BCUT2D eigenvalue weighted by atomic mass is 32.1. The van der Waals surface area contributed by atoms with Gasteiger partial charge in [-0.15, -0.1) is 10.2 Å². The molecule has 0 bridgehead atoms. The molecule has 0 saturated carbocycles. The Labute approximate surface area is 108 Å². The summed E-state index contributed by atoms with van der Waals surface area (Å²) in [7, 11) is 0. The van der Waals surface area contributed by atoms with Gasteiger partial charge >= 0.3 is 0 Å². The third-order valence-electron chi connectivity index (χ3n) is 2.16. The van der Waals surface area contributed by atoms with E-state index in [9.17, 15) is 4.79 Å². The van der Waals surface area contributed by atoms with Gasteiger partial charge in [0.15, 0.2) is 0 Å². The molecule has 0 atom stereocenters. The Morgan fingerprint density at radius 1 is 1.50 bits per heavy atom. The van der Waals surface area contributed by atoms with Gasteiger partial charge in [-0.3, -0.25) is 4.79 Å². The molecule has 0 radical (unpaired) electrons. The van der Waals surface area contributed by atoms with Crippen molar-refractivity contribution in [3.63, 3.8) is 0 Å². The highest BCUT2D eigenvalue weighted by Gasteiger charge is 2.11. The number of rotatable bonds is 6. The summed E-state index contributed by atoms with van der Waals surface area (Å²) in [4.78, 5) is 15.7. The summed E-state index contributed by atoms with van der Waals surface area (Å²) in [6.07, 6.45) is 5.26. The third kappa shape index (κ3) is 3.27. The highest BCUT2D eigenvalue weighted by molar-refractivity contribution is 7.17. The van der Waals surface area contributed by atoms with Gasteiger partial charge in [-0.2, -0.15) is 0 Å². The van der Waals surface area contributed by atoms with Crippen LogP contribution in [0.3, 0.4) is 0 Å². The molecule has 0 aliphatic rings. The average molecular weight is 266 g/mol. The van der Waals surface area contributed by atoms with E-state index in [0.717, 1.165) is 6.54 Å². The largest absolute Gasteiger partial charge is 0.360 e. The number of carbonyl (C=O) groups excluding carboxylic acids is 1. The number of amides is 1. The number of hydrogen-bond acceptors (Lipinski definition) is 6. The summed E-state index contributed by atoms with van der Waals surface area (Å²) < 4.78 is 1.89. The van der Waals surface area contributed by atoms with Gasteiger partial charge in [-0.05, 0) is 6.92 Å². The molecule has 0 unspecified atom stereocenters. The van der Waals surface area contributed by atoms with Crippen LogP contribution in [0, 0.1) is 0 Å². The Balaban J connectivity index is 1.80. The van der Waals surface area contributed by atoms with Crippen LogP contribution in [0.25, 0.3) is 0 Å². The van der Waals surface area contributed by atoms with Crippen LogP contribution in [0.15, 0.2) is 18.7 Å². The van der Waals surface area contributed by atoms with Crippen LogP contribution >= 0.6 is 11.3 Å². The average Bonchev–Trinajstić information content (AvgIpc) is 3.00. The van der Waals surface area contributed by atoms with Crippen LogP contribution in [0.5, 0.6) is 0 Å². The summed E-state index contributed by atoms with van der Waals surface area (Å²) in [5, 5.41) is 14.5. The zero-order valence-corrected chi connectivity index (χ0v) is 10.8. The molecule has 0 spiro atoms. The van der Waals surface area contributed by atoms with Crippen molar-refractivity contribution in [2.24, 2.45) is 0 Å². The molecule has 0 saturated heterocycles. The summed E-state index contributed by atoms with van der Waals surface area (Å²) in [5.74, 6) is -0.197. The minimum atomic E-state index is -0.197. The molecule has 0 aromatic carbocycles. The summed E-state index contributed by atoms with van der Waals surface area (Å²) in [6.45, 7) is 3.94. The number of imidazole rings is 1. The fourth-order valence-corrected chi connectivity index (χ4v) is 2.06. The molecule has 0 aliphatic carbocycles. The van der Waals surface area contributed by atoms with E-state index < -0.39 is 0 Å². The summed E-state index contributed by atoms with van der Waals surface area (Å²) in [5.41, 5.74) is 0. The summed E-state index contributed by atoms with van der Waals surface area (Å²) in [6, 6.07) is 0. The van der Waals surface area contributed by atoms with Gasteiger partial charge in [0.2, 0.25) is 10.1 Å². The van der Waals surface area contributed by atoms with Gasteiger partial charge in [-0.25, -0.2) is 4.98 Å². The molecule has 2 rings (SSSR count). The van der Waals surface area contributed by atoms with Gasteiger partial charge in [0.1, 0.15) is 0 Å². The molecule has 1 amide bonds. The first-order valence-corrected chi connectivity index (χ1v) is 6.42. The molecule has 96 valence electrons. The molecule has 2 N–H and O–H groups in total. The lowest BCUT2D eigenvalue weighted by atomic mass is 10.5. The van der Waals surface area contributed by atoms with Gasteiger partial charge in [-0.1, -0.05) is 11.3 Å². The monoisotopic (exact) mass is 266 g/mol. The fourth-order valence-electron chi connectivity index (χ4n) is 1.33. The van der Waals surface area contributed by atoms with Crippen LogP contribution in [-0.4, -0.2) is 38.7 Å². The second kappa shape index (κ2) is 6.10. The van der Waals surface area contributed by atoms with Crippen molar-refractivity contribution in [1.82, 2.24) is 25.1 Å². The summed E-state index contributed by atoms with van der Waals surface area (Å²) >= 11 is 1.25. The maximum Gasteiger partial charge on any atom is 0.282 e. The smallest absolute Gasteiger partial charge is 0.282 e. The Bertz CT molecular complexity index is 494. The minimum Gasteiger partial charge on any atom is -0.360 e. The van der Waals surface area contributed by atoms with Crippen LogP contribution in [0.1, 0.15) is 16.7 Å². The topological polar surface area (TPSA) is 84.7 Å². The lowest BCUT2D eigenvalue weighted by molar-refractivity contribution is 0.0951. The maximum absolute atomic E-state index is 11.7. The Kier molecular flexibility index (Phi) is 4.24. The molecule has 7 nitrogen and oxygen atoms in total. The standard InChI is InChI=1S/C10H14N6OS/c1-2-12-10-15-14-9(18-10)8(17)13-4-6-16-5-3-11-7-16/h3,5,7H,2,4,6H2,1H3,(H,12,15)(H,13,17). The number of hydrogen-bond donors (Lipinski definition) is 2. The molecule has 0 aliphatic heterocycles. The lowest BCUT2D eigenvalue weighted by Crippen LogP contribution is -2.26. The van der Waals surface area contributed by atoms with E-state index in [-0.39, 0.29) is 5.91 Å². The van der Waals surface area contributed by atoms with Crippen LogP contribution in [-0.2, 0) is 6.54 Å². The van der Waals surface area contributed by atoms with Gasteiger partial charge in [0.25, 0.3) is 5.91 Å². The molecule has 8 heteroatoms. The second-order valence-corrected chi connectivity index (χ2v) is 4.48. The minimum absolute atomic E-state index is 0.197. The van der Waals surface area contributed by atoms with Gasteiger partial charge in [0.05, 0.1) is 6.33 Å². The van der Waals surface area contributed by atoms with E-state index in [2.05, 4.69) is 25.8 Å². The Morgan fingerprint density at radius 2 is 2.39 bits per heavy atom. The van der Waals surface area contributed by atoms with Crippen molar-refractivity contribution in [3.8, 4) is 0 Å². The van der Waals surface area contributed by atoms with E-state index in [1.165, 1.54) is 11.3 Å². The molecular weight excluding hydrogens is 252 g/mol. The van der Waals surface area contributed by atoms with Gasteiger partial charge < -0.3 is 15.2 Å². The maximum atomic E-state index is 11.7. The van der Waals surface area contributed by atoms with Crippen molar-refractivity contribution in [2.45, 2.75) is 13.5 Å². The van der Waals surface area contributed by atoms with E-state index in [0.29, 0.717) is 23.2 Å². The van der Waals surface area contributed by atoms with Crippen molar-refractivity contribution in [2.75, 3.05) is 18.4 Å². The molecule has 2 heterocycles. The van der Waals surface area contributed by atoms with E-state index >= 15 is 0 Å². The van der Waals surface area contributed by atoms with Gasteiger partial charge in [0, 0.05) is 32.0 Å². The number of anilines is 1. The number of nitrogens with one attached hydrogen (secondary N) is 2. The van der Waals surface area contributed by atoms with Crippen LogP contribution < -0.4 is 10.6 Å². The third-order valence-corrected chi connectivity index (χ3v) is 3.04. The van der Waals surface area contributed by atoms with Crippen molar-refractivity contribution >= 4 is 22.4 Å². The molecule has 2 aromatic heterocycles. The SMILES string of the molecule is CCNc1nnc(C(=O)NCCn2ccnc2)s1. The Hall–Kier alpha value is -1.96. The first-order valence-electron chi connectivity index (χ1n) is 5.61. The Morgan fingerprint density at radius 3 is 3.11 bits per heavy atom.